The van der Waals surface area contributed by atoms with E-state index in [2.05, 4.69) is 20.8 Å². The van der Waals surface area contributed by atoms with Gasteiger partial charge in [0.2, 0.25) is 0 Å². The summed E-state index contributed by atoms with van der Waals surface area (Å²) in [6.45, 7) is 1.92. The number of fused-ring (bicyclic) bond motifs is 1. The molecule has 0 bridgehead atoms. The maximum atomic E-state index is 14.0. The van der Waals surface area contributed by atoms with E-state index in [9.17, 15) is 13.2 Å². The number of halogens is 1. The summed E-state index contributed by atoms with van der Waals surface area (Å²) < 4.78 is 35.2. The lowest BCUT2D eigenvalue weighted by Gasteiger charge is -2.43. The Kier molecular flexibility index (Phi) is 7.10. The number of hydrogen-bond donors (Lipinski definition) is 0. The highest BCUT2D eigenvalue weighted by Gasteiger charge is 2.38. The van der Waals surface area contributed by atoms with E-state index in [1.807, 2.05) is 73.7 Å². The zero-order valence-corrected chi connectivity index (χ0v) is 23.2. The Balaban J connectivity index is 1.72. The minimum Gasteiger partial charge on any atom is -0.465 e. The summed E-state index contributed by atoms with van der Waals surface area (Å²) in [5.41, 5.74) is 4.30. The van der Waals surface area contributed by atoms with Crippen LogP contribution < -0.4 is 4.90 Å². The van der Waals surface area contributed by atoms with Crippen LogP contribution in [0.15, 0.2) is 124 Å². The lowest BCUT2D eigenvalue weighted by molar-refractivity contribution is 0.0600. The monoisotopic (exact) mass is 588 g/mol. The number of aryl methyl sites for hydroxylation is 1. The first-order valence-corrected chi connectivity index (χ1v) is 14.1. The Morgan fingerprint density at radius 3 is 2.24 bits per heavy atom. The number of hydrogen-bond acceptors (Lipinski definition) is 5. The fourth-order valence-electron chi connectivity index (χ4n) is 4.45. The van der Waals surface area contributed by atoms with E-state index in [-0.39, 0.29) is 4.90 Å². The third-order valence-corrected chi connectivity index (χ3v) is 8.63. The average molecular weight is 590 g/mol. The average Bonchev–Trinajstić information content (AvgIpc) is 3.18. The molecule has 0 N–H and O–H groups in total. The molecule has 0 spiro atoms. The van der Waals surface area contributed by atoms with Crippen LogP contribution in [-0.4, -0.2) is 31.8 Å². The Morgan fingerprint density at radius 2 is 1.58 bits per heavy atom. The van der Waals surface area contributed by atoms with Gasteiger partial charge in [-0.2, -0.15) is 0 Å². The van der Waals surface area contributed by atoms with E-state index >= 15 is 0 Å². The van der Waals surface area contributed by atoms with Crippen LogP contribution in [0.2, 0.25) is 0 Å². The third-order valence-electron chi connectivity index (χ3n) is 6.40. The minimum absolute atomic E-state index is 0.210. The van der Waals surface area contributed by atoms with Crippen molar-refractivity contribution in [3.63, 3.8) is 0 Å². The van der Waals surface area contributed by atoms with Gasteiger partial charge in [-0.25, -0.2) is 17.5 Å². The van der Waals surface area contributed by atoms with Gasteiger partial charge < -0.3 is 9.64 Å². The number of benzene rings is 3. The molecule has 0 fully saturated rings. The molecule has 0 saturated heterocycles. The topological polar surface area (TPSA) is 66.9 Å². The Hall–Kier alpha value is -3.88. The first-order chi connectivity index (χ1) is 18.3. The van der Waals surface area contributed by atoms with Crippen LogP contribution in [0.5, 0.6) is 0 Å². The quantitative estimate of drug-likeness (QED) is 0.321. The number of methoxy groups -OCH3 is 1. The number of esters is 1. The van der Waals surface area contributed by atoms with Gasteiger partial charge in [-0.15, -0.1) is 0 Å². The molecular formula is C30H25BrN2O4S. The Bertz CT molecular complexity index is 1590. The molecule has 2 aliphatic rings. The fraction of sp³-hybridized carbons (Fsp3) is 0.100. The van der Waals surface area contributed by atoms with Crippen molar-refractivity contribution in [2.24, 2.45) is 0 Å². The second kappa shape index (κ2) is 10.5. The molecule has 6 nitrogen and oxygen atoms in total. The zero-order valence-electron chi connectivity index (χ0n) is 20.8. The molecule has 1 unspecified atom stereocenters. The molecule has 0 saturated carbocycles. The van der Waals surface area contributed by atoms with E-state index in [4.69, 9.17) is 4.74 Å². The largest absolute Gasteiger partial charge is 0.465 e. The molecule has 3 aromatic carbocycles. The van der Waals surface area contributed by atoms with E-state index < -0.39 is 22.0 Å². The van der Waals surface area contributed by atoms with Gasteiger partial charge in [0.25, 0.3) is 10.0 Å². The summed E-state index contributed by atoms with van der Waals surface area (Å²) in [4.78, 5) is 14.3. The van der Waals surface area contributed by atoms with Crippen molar-refractivity contribution >= 4 is 43.3 Å². The number of nitrogens with zero attached hydrogens (tertiary/aromatic N) is 2. The lowest BCUT2D eigenvalue weighted by Crippen LogP contribution is -2.45. The molecule has 192 valence electrons. The van der Waals surface area contributed by atoms with Gasteiger partial charge in [-0.1, -0.05) is 70.1 Å². The first-order valence-electron chi connectivity index (χ1n) is 11.9. The van der Waals surface area contributed by atoms with Gasteiger partial charge in [-0.3, -0.25) is 0 Å². The summed E-state index contributed by atoms with van der Waals surface area (Å²) in [5.74, 6) is -0.423. The molecule has 1 heterocycles. The maximum Gasteiger partial charge on any atom is 0.337 e. The maximum absolute atomic E-state index is 14.0. The highest BCUT2D eigenvalue weighted by molar-refractivity contribution is 9.10. The standard InChI is InChI=1S/C30H25BrN2O4S/c1-21-8-18-26(19-9-21)38(35,36)32-20-29(22-10-14-24(31)15-11-22)33(28-7-5-3-4-6-27(28)32)25-16-12-23(13-17-25)30(34)37-2/h3-20,28H,1-2H3. The van der Waals surface area contributed by atoms with E-state index in [0.717, 1.165) is 21.3 Å². The molecule has 0 aromatic heterocycles. The summed E-state index contributed by atoms with van der Waals surface area (Å²) in [6.07, 6.45) is 11.1. The predicted octanol–water partition coefficient (Wildman–Crippen LogP) is 6.43. The van der Waals surface area contributed by atoms with E-state index in [1.165, 1.54) is 11.4 Å². The first kappa shape index (κ1) is 25.8. The smallest absolute Gasteiger partial charge is 0.337 e. The summed E-state index contributed by atoms with van der Waals surface area (Å²) in [7, 11) is -2.57. The number of anilines is 1. The molecule has 38 heavy (non-hydrogen) atoms. The number of carbonyl (C=O) groups is 1. The normalized spacial score (nSPS) is 16.9. The van der Waals surface area contributed by atoms with E-state index in [1.54, 1.807) is 42.6 Å². The van der Waals surface area contributed by atoms with Crippen molar-refractivity contribution in [1.82, 2.24) is 4.31 Å². The van der Waals surface area contributed by atoms with Crippen LogP contribution in [0.25, 0.3) is 5.70 Å². The minimum atomic E-state index is -3.92. The zero-order chi connectivity index (χ0) is 26.9. The molecule has 1 atom stereocenters. The Morgan fingerprint density at radius 1 is 0.895 bits per heavy atom. The van der Waals surface area contributed by atoms with Crippen LogP contribution in [0.1, 0.15) is 21.5 Å². The number of carbonyl (C=O) groups excluding carboxylic acids is 1. The van der Waals surface area contributed by atoms with Crippen molar-refractivity contribution in [3.05, 3.63) is 136 Å². The summed E-state index contributed by atoms with van der Waals surface area (Å²) in [6, 6.07) is 21.2. The van der Waals surface area contributed by atoms with Crippen LogP contribution in [-0.2, 0) is 14.8 Å². The van der Waals surface area contributed by atoms with Crippen molar-refractivity contribution < 1.29 is 17.9 Å². The highest BCUT2D eigenvalue weighted by atomic mass is 79.9. The van der Waals surface area contributed by atoms with Crippen LogP contribution >= 0.6 is 15.9 Å². The molecule has 3 aromatic rings. The van der Waals surface area contributed by atoms with E-state index in [0.29, 0.717) is 17.0 Å². The van der Waals surface area contributed by atoms with Crippen molar-refractivity contribution in [1.29, 1.82) is 0 Å². The highest BCUT2D eigenvalue weighted by Crippen LogP contribution is 2.40. The third kappa shape index (κ3) is 4.85. The van der Waals surface area contributed by atoms with Gasteiger partial charge in [0.15, 0.2) is 0 Å². The van der Waals surface area contributed by atoms with Crippen molar-refractivity contribution in [2.75, 3.05) is 12.0 Å². The SMILES string of the molecule is COC(=O)c1ccc(N2C(c3ccc(Br)cc3)=CN(S(=O)(=O)c3ccc(C)cc3)C3=CC=CC=CC32)cc1. The van der Waals surface area contributed by atoms with Gasteiger partial charge in [0.1, 0.15) is 0 Å². The second-order valence-corrected chi connectivity index (χ2v) is 11.6. The number of sulfonamides is 1. The number of ether oxygens (including phenoxy) is 1. The molecule has 8 heteroatoms. The number of rotatable bonds is 5. The fourth-order valence-corrected chi connectivity index (χ4v) is 6.10. The Labute approximate surface area is 231 Å². The van der Waals surface area contributed by atoms with Crippen LogP contribution in [0.4, 0.5) is 5.69 Å². The molecule has 0 amide bonds. The summed E-state index contributed by atoms with van der Waals surface area (Å²) >= 11 is 3.49. The van der Waals surface area contributed by atoms with Crippen molar-refractivity contribution in [3.8, 4) is 0 Å². The lowest BCUT2D eigenvalue weighted by atomic mass is 10.0. The van der Waals surface area contributed by atoms with Gasteiger partial charge in [0.05, 0.1) is 35.0 Å². The molecule has 1 aliphatic carbocycles. The second-order valence-electron chi connectivity index (χ2n) is 8.85. The molecular weight excluding hydrogens is 564 g/mol. The van der Waals surface area contributed by atoms with Crippen molar-refractivity contribution in [2.45, 2.75) is 17.9 Å². The van der Waals surface area contributed by atoms with Gasteiger partial charge in [0, 0.05) is 16.4 Å². The predicted molar refractivity (Wildman–Crippen MR) is 153 cm³/mol. The molecule has 5 rings (SSSR count). The molecule has 0 radical (unpaired) electrons. The van der Waals surface area contributed by atoms with Gasteiger partial charge >= 0.3 is 5.97 Å². The number of allylic oxidation sites excluding steroid dienone is 4. The van der Waals surface area contributed by atoms with Gasteiger partial charge in [-0.05, 0) is 67.1 Å². The molecule has 1 aliphatic heterocycles. The van der Waals surface area contributed by atoms with Crippen LogP contribution in [0.3, 0.4) is 0 Å². The van der Waals surface area contributed by atoms with Crippen LogP contribution in [0, 0.1) is 6.92 Å². The summed E-state index contributed by atoms with van der Waals surface area (Å²) in [5, 5.41) is 0.